The Morgan fingerprint density at radius 3 is 2.29 bits per heavy atom. The Bertz CT molecular complexity index is 745. The second kappa shape index (κ2) is 11.3. The van der Waals surface area contributed by atoms with Gasteiger partial charge in [0.15, 0.2) is 0 Å². The number of aromatic hydroxyl groups is 1. The largest absolute Gasteiger partial charge is 0.508 e. The number of aromatic carboxylic acids is 1. The summed E-state index contributed by atoms with van der Waals surface area (Å²) in [4.78, 5) is 22.0. The molecule has 0 aliphatic heterocycles. The van der Waals surface area contributed by atoms with Crippen LogP contribution in [-0.2, 0) is 11.2 Å². The van der Waals surface area contributed by atoms with Crippen LogP contribution in [0.2, 0.25) is 0 Å². The predicted molar refractivity (Wildman–Crippen MR) is 111 cm³/mol. The van der Waals surface area contributed by atoms with Gasteiger partial charge in [0.05, 0.1) is 11.5 Å². The van der Waals surface area contributed by atoms with E-state index in [2.05, 4.69) is 13.0 Å². The van der Waals surface area contributed by atoms with Crippen molar-refractivity contribution in [1.82, 2.24) is 0 Å². The zero-order chi connectivity index (χ0) is 21.3. The first kappa shape index (κ1) is 23.5. The molecule has 0 aliphatic rings. The summed E-state index contributed by atoms with van der Waals surface area (Å²) < 4.78 is 0. The van der Waals surface area contributed by atoms with Gasteiger partial charge in [-0.05, 0) is 75.6 Å². The van der Waals surface area contributed by atoms with E-state index in [-0.39, 0.29) is 23.1 Å². The van der Waals surface area contributed by atoms with Crippen LogP contribution in [-0.4, -0.2) is 27.3 Å². The second-order valence-electron chi connectivity index (χ2n) is 7.64. The Morgan fingerprint density at radius 1 is 1.04 bits per heavy atom. The van der Waals surface area contributed by atoms with Crippen LogP contribution in [0, 0.1) is 11.8 Å². The Hall–Kier alpha value is -2.56. The molecule has 5 nitrogen and oxygen atoms in total. The van der Waals surface area contributed by atoms with E-state index >= 15 is 0 Å². The molecule has 0 aliphatic carbocycles. The van der Waals surface area contributed by atoms with Crippen molar-refractivity contribution in [2.24, 2.45) is 11.8 Å². The average molecular weight is 389 g/mol. The standard InChI is InChI=1S/C23H32O5/c1-15(8-10-17(3)18(4)22(25)26)6-5-7-16(2)9-11-19-14-20(23(27)28)12-13-21(19)24/h6,9,12-14,17-18,24H,5,7-8,10-11H2,1-4H3,(H,25,26)(H,27,28). The minimum atomic E-state index is -1.00. The maximum Gasteiger partial charge on any atom is 0.335 e. The summed E-state index contributed by atoms with van der Waals surface area (Å²) in [5.74, 6) is -1.82. The quantitative estimate of drug-likeness (QED) is 0.439. The monoisotopic (exact) mass is 388 g/mol. The SMILES string of the molecule is CC(=CCc1cc(C(=O)O)ccc1O)CCC=C(C)CCC(C)C(C)C(=O)O. The van der Waals surface area contributed by atoms with Crippen molar-refractivity contribution in [1.29, 1.82) is 0 Å². The number of allylic oxidation sites excluding steroid dienone is 4. The molecular weight excluding hydrogens is 356 g/mol. The van der Waals surface area contributed by atoms with Gasteiger partial charge in [-0.3, -0.25) is 4.79 Å². The summed E-state index contributed by atoms with van der Waals surface area (Å²) in [5.41, 5.74) is 3.22. The first-order chi connectivity index (χ1) is 13.1. The van der Waals surface area contributed by atoms with Crippen molar-refractivity contribution in [2.75, 3.05) is 0 Å². The lowest BCUT2D eigenvalue weighted by Gasteiger charge is -2.15. The lowest BCUT2D eigenvalue weighted by atomic mass is 9.90. The first-order valence-electron chi connectivity index (χ1n) is 9.71. The molecule has 0 amide bonds. The minimum absolute atomic E-state index is 0.106. The van der Waals surface area contributed by atoms with E-state index in [9.17, 15) is 14.7 Å². The summed E-state index contributed by atoms with van der Waals surface area (Å²) in [6.07, 6.45) is 8.25. The molecule has 0 heterocycles. The number of phenolic OH excluding ortho intramolecular Hbond substituents is 1. The molecule has 28 heavy (non-hydrogen) atoms. The van der Waals surface area contributed by atoms with Gasteiger partial charge in [0.1, 0.15) is 5.75 Å². The maximum atomic E-state index is 11.0. The van der Waals surface area contributed by atoms with Crippen molar-refractivity contribution in [3.63, 3.8) is 0 Å². The van der Waals surface area contributed by atoms with Crippen molar-refractivity contribution in [2.45, 2.75) is 59.8 Å². The minimum Gasteiger partial charge on any atom is -0.508 e. The van der Waals surface area contributed by atoms with Gasteiger partial charge in [0.25, 0.3) is 0 Å². The van der Waals surface area contributed by atoms with Gasteiger partial charge >= 0.3 is 11.9 Å². The highest BCUT2D eigenvalue weighted by Gasteiger charge is 2.18. The van der Waals surface area contributed by atoms with Crippen LogP contribution in [0.25, 0.3) is 0 Å². The highest BCUT2D eigenvalue weighted by molar-refractivity contribution is 5.88. The third kappa shape index (κ3) is 7.99. The summed E-state index contributed by atoms with van der Waals surface area (Å²) in [6.45, 7) is 7.84. The number of hydrogen-bond acceptors (Lipinski definition) is 3. The molecule has 3 N–H and O–H groups in total. The van der Waals surface area contributed by atoms with Gasteiger partial charge in [0, 0.05) is 0 Å². The van der Waals surface area contributed by atoms with E-state index < -0.39 is 11.9 Å². The van der Waals surface area contributed by atoms with E-state index in [1.54, 1.807) is 6.92 Å². The fourth-order valence-electron chi connectivity index (χ4n) is 2.87. The summed E-state index contributed by atoms with van der Waals surface area (Å²) >= 11 is 0. The Balaban J connectivity index is 2.50. The Morgan fingerprint density at radius 2 is 1.68 bits per heavy atom. The molecule has 2 unspecified atom stereocenters. The average Bonchev–Trinajstić information content (AvgIpc) is 2.64. The number of rotatable bonds is 11. The summed E-state index contributed by atoms with van der Waals surface area (Å²) in [6, 6.07) is 4.31. The van der Waals surface area contributed by atoms with Gasteiger partial charge in [-0.25, -0.2) is 4.79 Å². The molecule has 0 radical (unpaired) electrons. The van der Waals surface area contributed by atoms with Crippen LogP contribution < -0.4 is 0 Å². The van der Waals surface area contributed by atoms with Gasteiger partial charge in [-0.2, -0.15) is 0 Å². The van der Waals surface area contributed by atoms with Gasteiger partial charge in [0.2, 0.25) is 0 Å². The van der Waals surface area contributed by atoms with Crippen molar-refractivity contribution in [3.8, 4) is 5.75 Å². The van der Waals surface area contributed by atoms with E-state index in [1.165, 1.54) is 29.3 Å². The lowest BCUT2D eigenvalue weighted by molar-refractivity contribution is -0.142. The van der Waals surface area contributed by atoms with Crippen LogP contribution in [0.15, 0.2) is 41.5 Å². The molecule has 154 valence electrons. The van der Waals surface area contributed by atoms with E-state index in [1.807, 2.05) is 19.9 Å². The molecule has 1 aromatic carbocycles. The second-order valence-corrected chi connectivity index (χ2v) is 7.64. The van der Waals surface area contributed by atoms with Gasteiger partial charge in [-0.15, -0.1) is 0 Å². The number of benzene rings is 1. The highest BCUT2D eigenvalue weighted by Crippen LogP contribution is 2.22. The van der Waals surface area contributed by atoms with Gasteiger partial charge in [-0.1, -0.05) is 37.1 Å². The summed E-state index contributed by atoms with van der Waals surface area (Å²) in [7, 11) is 0. The molecule has 0 saturated heterocycles. The number of phenols is 1. The van der Waals surface area contributed by atoms with Crippen molar-refractivity contribution >= 4 is 11.9 Å². The van der Waals surface area contributed by atoms with Crippen LogP contribution in [0.1, 0.15) is 69.3 Å². The number of carbonyl (C=O) groups is 2. The Kier molecular flexibility index (Phi) is 9.49. The van der Waals surface area contributed by atoms with E-state index in [0.29, 0.717) is 12.0 Å². The topological polar surface area (TPSA) is 94.8 Å². The predicted octanol–water partition coefficient (Wildman–Crippen LogP) is 5.44. The van der Waals surface area contributed by atoms with Crippen LogP contribution in [0.3, 0.4) is 0 Å². The lowest BCUT2D eigenvalue weighted by Crippen LogP contribution is -2.18. The van der Waals surface area contributed by atoms with E-state index in [4.69, 9.17) is 10.2 Å². The molecule has 0 saturated carbocycles. The van der Waals surface area contributed by atoms with Crippen LogP contribution in [0.5, 0.6) is 5.75 Å². The first-order valence-corrected chi connectivity index (χ1v) is 9.71. The fraction of sp³-hybridized carbons (Fsp3) is 0.478. The fourth-order valence-corrected chi connectivity index (χ4v) is 2.87. The zero-order valence-corrected chi connectivity index (χ0v) is 17.2. The highest BCUT2D eigenvalue weighted by atomic mass is 16.4. The summed E-state index contributed by atoms with van der Waals surface area (Å²) in [5, 5.41) is 28.0. The molecule has 5 heteroatoms. The molecule has 0 aromatic heterocycles. The molecule has 2 atom stereocenters. The molecule has 1 aromatic rings. The number of aliphatic carboxylic acids is 1. The van der Waals surface area contributed by atoms with E-state index in [0.717, 1.165) is 25.7 Å². The molecule has 0 bridgehead atoms. The van der Waals surface area contributed by atoms with Crippen LogP contribution in [0.4, 0.5) is 0 Å². The maximum absolute atomic E-state index is 11.0. The molecule has 0 fully saturated rings. The molecule has 0 spiro atoms. The van der Waals surface area contributed by atoms with Gasteiger partial charge < -0.3 is 15.3 Å². The third-order valence-corrected chi connectivity index (χ3v) is 5.27. The third-order valence-electron chi connectivity index (χ3n) is 5.27. The number of hydrogen-bond donors (Lipinski definition) is 3. The van der Waals surface area contributed by atoms with Crippen LogP contribution >= 0.6 is 0 Å². The van der Waals surface area contributed by atoms with Crippen molar-refractivity contribution < 1.29 is 24.9 Å². The normalized spacial score (nSPS) is 14.6. The number of carboxylic acid groups (broad SMARTS) is 2. The smallest absolute Gasteiger partial charge is 0.335 e. The van der Waals surface area contributed by atoms with Crippen molar-refractivity contribution in [3.05, 3.63) is 52.6 Å². The number of carboxylic acids is 2. The molecular formula is C23H32O5. The molecule has 1 rings (SSSR count). The Labute approximate surface area is 167 Å². The zero-order valence-electron chi connectivity index (χ0n) is 17.2.